The predicted octanol–water partition coefficient (Wildman–Crippen LogP) is 3.59. The maximum absolute atomic E-state index is 12.6. The van der Waals surface area contributed by atoms with Crippen molar-refractivity contribution in [3.8, 4) is 6.07 Å². The first kappa shape index (κ1) is 21.8. The first-order chi connectivity index (χ1) is 14.4. The molecular formula is C22H24ClN5O2. The van der Waals surface area contributed by atoms with Gasteiger partial charge >= 0.3 is 0 Å². The molecule has 0 spiro atoms. The molecule has 30 heavy (non-hydrogen) atoms. The van der Waals surface area contributed by atoms with E-state index < -0.39 is 0 Å². The number of rotatable bonds is 5. The second-order valence-electron chi connectivity index (χ2n) is 7.44. The number of likely N-dealkylation sites (tertiary alicyclic amines) is 1. The summed E-state index contributed by atoms with van der Waals surface area (Å²) in [4.78, 5) is 31.5. The van der Waals surface area contributed by atoms with Gasteiger partial charge in [-0.25, -0.2) is 4.98 Å². The maximum Gasteiger partial charge on any atom is 0.241 e. The molecule has 1 saturated heterocycles. The van der Waals surface area contributed by atoms with E-state index >= 15 is 0 Å². The largest absolute Gasteiger partial charge is 0.325 e. The molecule has 1 aliphatic heterocycles. The number of hydrogen-bond acceptors (Lipinski definition) is 5. The summed E-state index contributed by atoms with van der Waals surface area (Å²) in [5, 5.41) is 15.0. The van der Waals surface area contributed by atoms with Crippen LogP contribution in [-0.2, 0) is 9.59 Å². The van der Waals surface area contributed by atoms with Crippen molar-refractivity contribution in [1.82, 2.24) is 9.88 Å². The highest BCUT2D eigenvalue weighted by molar-refractivity contribution is 6.32. The number of carbonyl (C=O) groups is 2. The Morgan fingerprint density at radius 2 is 2.00 bits per heavy atom. The molecule has 1 fully saturated rings. The molecule has 1 aliphatic rings. The van der Waals surface area contributed by atoms with E-state index in [0.29, 0.717) is 48.0 Å². The van der Waals surface area contributed by atoms with E-state index in [1.165, 1.54) is 0 Å². The van der Waals surface area contributed by atoms with Gasteiger partial charge in [0.25, 0.3) is 0 Å². The molecule has 8 heteroatoms. The third-order valence-corrected chi connectivity index (χ3v) is 5.75. The van der Waals surface area contributed by atoms with Gasteiger partial charge in [0, 0.05) is 17.8 Å². The molecule has 7 nitrogen and oxygen atoms in total. The van der Waals surface area contributed by atoms with Gasteiger partial charge in [0.05, 0.1) is 16.6 Å². The van der Waals surface area contributed by atoms with E-state index in [1.807, 2.05) is 32.0 Å². The van der Waals surface area contributed by atoms with Gasteiger partial charge < -0.3 is 10.6 Å². The Balaban J connectivity index is 1.52. The molecule has 0 radical (unpaired) electrons. The maximum atomic E-state index is 12.6. The number of aryl methyl sites for hydroxylation is 1. The number of nitrogens with zero attached hydrogens (tertiary/aromatic N) is 3. The number of nitriles is 1. The van der Waals surface area contributed by atoms with Crippen LogP contribution in [0.4, 0.5) is 11.5 Å². The lowest BCUT2D eigenvalue weighted by Gasteiger charge is -2.34. The minimum Gasteiger partial charge on any atom is -0.325 e. The Bertz CT molecular complexity index is 980. The number of nitrogens with one attached hydrogen (secondary N) is 2. The van der Waals surface area contributed by atoms with E-state index in [4.69, 9.17) is 16.9 Å². The monoisotopic (exact) mass is 425 g/mol. The standard InChI is InChI=1S/C22H24ClN5O2/c1-14-4-3-9-25-20(14)27-22(30)16-7-10-28(11-8-16)15(2)21(29)26-18-6-5-17(13-24)19(23)12-18/h3-6,9,12,15-16H,7-8,10-11H2,1-2H3,(H,26,29)(H,25,27,30). The molecule has 1 unspecified atom stereocenters. The van der Waals surface area contributed by atoms with E-state index in [1.54, 1.807) is 24.4 Å². The summed E-state index contributed by atoms with van der Waals surface area (Å²) in [6, 6.07) is 10.2. The number of benzene rings is 1. The Hall–Kier alpha value is -2.95. The number of carbonyl (C=O) groups excluding carboxylic acids is 2. The Kier molecular flexibility index (Phi) is 7.03. The molecule has 156 valence electrons. The smallest absolute Gasteiger partial charge is 0.241 e. The second-order valence-corrected chi connectivity index (χ2v) is 7.85. The summed E-state index contributed by atoms with van der Waals surface area (Å²) in [6.07, 6.45) is 3.02. The van der Waals surface area contributed by atoms with Crippen molar-refractivity contribution in [1.29, 1.82) is 5.26 Å². The van der Waals surface area contributed by atoms with Gasteiger partial charge in [0.1, 0.15) is 11.9 Å². The fourth-order valence-corrected chi connectivity index (χ4v) is 3.70. The molecule has 1 aromatic carbocycles. The molecule has 0 aliphatic carbocycles. The van der Waals surface area contributed by atoms with Crippen LogP contribution in [0.3, 0.4) is 0 Å². The Morgan fingerprint density at radius 1 is 1.27 bits per heavy atom. The summed E-state index contributed by atoms with van der Waals surface area (Å²) >= 11 is 6.03. The van der Waals surface area contributed by atoms with Gasteiger partial charge in [-0.15, -0.1) is 0 Å². The first-order valence-corrected chi connectivity index (χ1v) is 10.2. The summed E-state index contributed by atoms with van der Waals surface area (Å²) < 4.78 is 0. The van der Waals surface area contributed by atoms with Gasteiger partial charge in [0.2, 0.25) is 11.8 Å². The molecule has 2 heterocycles. The number of hydrogen-bond donors (Lipinski definition) is 2. The molecule has 0 bridgehead atoms. The SMILES string of the molecule is Cc1cccnc1NC(=O)C1CCN(C(C)C(=O)Nc2ccc(C#N)c(Cl)c2)CC1. The van der Waals surface area contributed by atoms with Gasteiger partial charge in [-0.1, -0.05) is 17.7 Å². The Morgan fingerprint density at radius 3 is 2.63 bits per heavy atom. The third-order valence-electron chi connectivity index (χ3n) is 5.44. The highest BCUT2D eigenvalue weighted by atomic mass is 35.5. The molecule has 1 aromatic heterocycles. The van der Waals surface area contributed by atoms with Gasteiger partial charge in [0.15, 0.2) is 0 Å². The molecular weight excluding hydrogens is 402 g/mol. The van der Waals surface area contributed by atoms with Gasteiger partial charge in [-0.05, 0) is 69.6 Å². The zero-order chi connectivity index (χ0) is 21.7. The lowest BCUT2D eigenvalue weighted by atomic mass is 9.95. The average Bonchev–Trinajstić information content (AvgIpc) is 2.75. The lowest BCUT2D eigenvalue weighted by Crippen LogP contribution is -2.47. The third kappa shape index (κ3) is 5.15. The molecule has 3 rings (SSSR count). The predicted molar refractivity (Wildman–Crippen MR) is 116 cm³/mol. The molecule has 2 aromatic rings. The van der Waals surface area contributed by atoms with E-state index in [-0.39, 0.29) is 23.8 Å². The number of amides is 2. The molecule has 2 amide bonds. The fraction of sp³-hybridized carbons (Fsp3) is 0.364. The van der Waals surface area contributed by atoms with Crippen LogP contribution in [0, 0.1) is 24.2 Å². The topological polar surface area (TPSA) is 98.1 Å². The Labute approximate surface area is 181 Å². The summed E-state index contributed by atoms with van der Waals surface area (Å²) in [7, 11) is 0. The van der Waals surface area contributed by atoms with Crippen LogP contribution in [0.1, 0.15) is 30.9 Å². The molecule has 1 atom stereocenters. The number of piperidine rings is 1. The lowest BCUT2D eigenvalue weighted by molar-refractivity contribution is -0.123. The number of anilines is 2. The minimum absolute atomic E-state index is 0.0271. The molecule has 0 saturated carbocycles. The van der Waals surface area contributed by atoms with Crippen LogP contribution in [-0.4, -0.2) is 40.8 Å². The van der Waals surface area contributed by atoms with Crippen LogP contribution >= 0.6 is 11.6 Å². The van der Waals surface area contributed by atoms with Crippen molar-refractivity contribution >= 4 is 34.9 Å². The van der Waals surface area contributed by atoms with Crippen LogP contribution < -0.4 is 10.6 Å². The number of aromatic nitrogens is 1. The highest BCUT2D eigenvalue weighted by Gasteiger charge is 2.30. The van der Waals surface area contributed by atoms with E-state index in [9.17, 15) is 9.59 Å². The quantitative estimate of drug-likeness (QED) is 0.762. The van der Waals surface area contributed by atoms with Crippen LogP contribution in [0.5, 0.6) is 0 Å². The summed E-state index contributed by atoms with van der Waals surface area (Å²) in [5.41, 5.74) is 1.84. The summed E-state index contributed by atoms with van der Waals surface area (Å²) in [6.45, 7) is 5.06. The van der Waals surface area contributed by atoms with Crippen molar-refractivity contribution in [2.75, 3.05) is 23.7 Å². The van der Waals surface area contributed by atoms with E-state index in [0.717, 1.165) is 5.56 Å². The fourth-order valence-electron chi connectivity index (χ4n) is 3.48. The van der Waals surface area contributed by atoms with Crippen molar-refractivity contribution in [3.63, 3.8) is 0 Å². The van der Waals surface area contributed by atoms with Gasteiger partial charge in [-0.3, -0.25) is 14.5 Å². The molecule has 2 N–H and O–H groups in total. The van der Waals surface area contributed by atoms with Gasteiger partial charge in [-0.2, -0.15) is 5.26 Å². The first-order valence-electron chi connectivity index (χ1n) is 9.86. The summed E-state index contributed by atoms with van der Waals surface area (Å²) in [5.74, 6) is 0.317. The van der Waals surface area contributed by atoms with Crippen molar-refractivity contribution < 1.29 is 9.59 Å². The van der Waals surface area contributed by atoms with Crippen LogP contribution in [0.15, 0.2) is 36.5 Å². The highest BCUT2D eigenvalue weighted by Crippen LogP contribution is 2.23. The zero-order valence-electron chi connectivity index (χ0n) is 17.0. The number of pyridine rings is 1. The van der Waals surface area contributed by atoms with E-state index in [2.05, 4.69) is 20.5 Å². The minimum atomic E-state index is -0.346. The zero-order valence-corrected chi connectivity index (χ0v) is 17.7. The number of halogens is 1. The van der Waals surface area contributed by atoms with Crippen LogP contribution in [0.25, 0.3) is 0 Å². The van der Waals surface area contributed by atoms with Crippen LogP contribution in [0.2, 0.25) is 5.02 Å². The van der Waals surface area contributed by atoms with Crippen molar-refractivity contribution in [2.45, 2.75) is 32.7 Å². The van der Waals surface area contributed by atoms with Crippen molar-refractivity contribution in [3.05, 3.63) is 52.7 Å². The average molecular weight is 426 g/mol. The second kappa shape index (κ2) is 9.70. The van der Waals surface area contributed by atoms with Crippen molar-refractivity contribution in [2.24, 2.45) is 5.92 Å². The normalized spacial score (nSPS) is 15.8.